The fraction of sp³-hybridized carbons (Fsp3) is 0.250. The van der Waals surface area contributed by atoms with Gasteiger partial charge in [0, 0.05) is 6.54 Å². The number of hydrogen-bond acceptors (Lipinski definition) is 7. The maximum atomic E-state index is 10.0. The lowest BCUT2D eigenvalue weighted by molar-refractivity contribution is 0.106. The van der Waals surface area contributed by atoms with Crippen molar-refractivity contribution in [2.24, 2.45) is 5.73 Å². The van der Waals surface area contributed by atoms with Gasteiger partial charge in [-0.3, -0.25) is 0 Å². The highest BCUT2D eigenvalue weighted by Crippen LogP contribution is 2.31. The van der Waals surface area contributed by atoms with Crippen LogP contribution in [0, 0.1) is 0 Å². The SMILES string of the molecule is NCC(O)c1ccc(O)c(OCC(O)c2ccc(O)c(O)c2)c1. The van der Waals surface area contributed by atoms with E-state index in [0.717, 1.165) is 0 Å². The molecule has 7 heteroatoms. The van der Waals surface area contributed by atoms with E-state index in [2.05, 4.69) is 0 Å². The minimum Gasteiger partial charge on any atom is -0.504 e. The van der Waals surface area contributed by atoms with Crippen molar-refractivity contribution in [3.63, 3.8) is 0 Å². The molecule has 23 heavy (non-hydrogen) atoms. The van der Waals surface area contributed by atoms with Crippen molar-refractivity contribution in [1.29, 1.82) is 0 Å². The third-order valence-corrected chi connectivity index (χ3v) is 3.37. The maximum absolute atomic E-state index is 10.0. The van der Waals surface area contributed by atoms with Crippen LogP contribution >= 0.6 is 0 Å². The first-order valence-corrected chi connectivity index (χ1v) is 6.96. The Morgan fingerprint density at radius 2 is 1.43 bits per heavy atom. The van der Waals surface area contributed by atoms with Gasteiger partial charge < -0.3 is 36.0 Å². The average Bonchev–Trinajstić information content (AvgIpc) is 2.55. The number of benzene rings is 2. The van der Waals surface area contributed by atoms with Crippen LogP contribution in [0.2, 0.25) is 0 Å². The quantitative estimate of drug-likeness (QED) is 0.435. The Morgan fingerprint density at radius 3 is 2.04 bits per heavy atom. The molecule has 0 radical (unpaired) electrons. The normalized spacial score (nSPS) is 13.5. The van der Waals surface area contributed by atoms with E-state index >= 15 is 0 Å². The minimum absolute atomic E-state index is 0.0274. The van der Waals surface area contributed by atoms with Gasteiger partial charge in [0.25, 0.3) is 0 Å². The van der Waals surface area contributed by atoms with Crippen LogP contribution in [0.1, 0.15) is 23.3 Å². The molecule has 2 aromatic carbocycles. The van der Waals surface area contributed by atoms with E-state index in [1.807, 2.05) is 0 Å². The molecular formula is C16H19NO6. The summed E-state index contributed by atoms with van der Waals surface area (Å²) in [4.78, 5) is 0. The molecule has 2 aromatic rings. The Hall–Kier alpha value is -2.48. The fourth-order valence-electron chi connectivity index (χ4n) is 2.00. The molecule has 0 aliphatic rings. The van der Waals surface area contributed by atoms with Crippen molar-refractivity contribution in [1.82, 2.24) is 0 Å². The molecule has 124 valence electrons. The monoisotopic (exact) mass is 321 g/mol. The maximum Gasteiger partial charge on any atom is 0.161 e. The molecule has 2 atom stereocenters. The molecule has 0 bridgehead atoms. The number of aliphatic hydroxyl groups excluding tert-OH is 2. The summed E-state index contributed by atoms with van der Waals surface area (Å²) >= 11 is 0. The van der Waals surface area contributed by atoms with Gasteiger partial charge in [-0.25, -0.2) is 0 Å². The Labute approximate surface area is 132 Å². The highest BCUT2D eigenvalue weighted by Gasteiger charge is 2.14. The second kappa shape index (κ2) is 7.19. The van der Waals surface area contributed by atoms with Gasteiger partial charge in [0.1, 0.15) is 12.7 Å². The second-order valence-electron chi connectivity index (χ2n) is 5.05. The zero-order valence-corrected chi connectivity index (χ0v) is 12.3. The molecule has 2 rings (SSSR count). The number of phenols is 3. The highest BCUT2D eigenvalue weighted by molar-refractivity contribution is 5.43. The van der Waals surface area contributed by atoms with Crippen LogP contribution in [0.4, 0.5) is 0 Å². The van der Waals surface area contributed by atoms with E-state index in [0.29, 0.717) is 11.1 Å². The number of rotatable bonds is 6. The molecule has 7 nitrogen and oxygen atoms in total. The van der Waals surface area contributed by atoms with Gasteiger partial charge in [-0.05, 0) is 35.4 Å². The van der Waals surface area contributed by atoms with Crippen LogP contribution in [-0.4, -0.2) is 38.7 Å². The Kier molecular flexibility index (Phi) is 5.28. The number of nitrogens with two attached hydrogens (primary N) is 1. The van der Waals surface area contributed by atoms with Crippen molar-refractivity contribution in [2.45, 2.75) is 12.2 Å². The van der Waals surface area contributed by atoms with Gasteiger partial charge in [0.15, 0.2) is 23.0 Å². The van der Waals surface area contributed by atoms with Crippen molar-refractivity contribution in [2.75, 3.05) is 13.2 Å². The molecule has 0 amide bonds. The summed E-state index contributed by atoms with van der Waals surface area (Å²) in [5, 5.41) is 48.2. The Bertz CT molecular complexity index is 676. The minimum atomic E-state index is -1.08. The van der Waals surface area contributed by atoms with Crippen molar-refractivity contribution < 1.29 is 30.3 Å². The summed E-state index contributed by atoms with van der Waals surface area (Å²) < 4.78 is 5.36. The van der Waals surface area contributed by atoms with Gasteiger partial charge in [-0.15, -0.1) is 0 Å². The van der Waals surface area contributed by atoms with Crippen molar-refractivity contribution >= 4 is 0 Å². The standard InChI is InChI=1S/C16H19NO6/c17-7-14(21)10-2-4-12(19)16(6-10)23-8-15(22)9-1-3-11(18)13(20)5-9/h1-6,14-15,18-22H,7-8,17H2. The molecule has 2 unspecified atom stereocenters. The molecular weight excluding hydrogens is 302 g/mol. The second-order valence-corrected chi connectivity index (χ2v) is 5.05. The predicted molar refractivity (Wildman–Crippen MR) is 82.3 cm³/mol. The van der Waals surface area contributed by atoms with Crippen LogP contribution in [0.25, 0.3) is 0 Å². The largest absolute Gasteiger partial charge is 0.504 e. The lowest BCUT2D eigenvalue weighted by Crippen LogP contribution is -2.12. The van der Waals surface area contributed by atoms with Crippen LogP contribution in [0.5, 0.6) is 23.0 Å². The first-order chi connectivity index (χ1) is 10.9. The topological polar surface area (TPSA) is 136 Å². The average molecular weight is 321 g/mol. The molecule has 0 aliphatic heterocycles. The van der Waals surface area contributed by atoms with Gasteiger partial charge in [-0.1, -0.05) is 12.1 Å². The first-order valence-electron chi connectivity index (χ1n) is 6.96. The van der Waals surface area contributed by atoms with E-state index in [1.54, 1.807) is 0 Å². The molecule has 0 saturated carbocycles. The molecule has 0 heterocycles. The van der Waals surface area contributed by atoms with Crippen LogP contribution in [-0.2, 0) is 0 Å². The Balaban J connectivity index is 2.09. The zero-order chi connectivity index (χ0) is 17.0. The predicted octanol–water partition coefficient (Wildman–Crippen LogP) is 0.908. The fourth-order valence-corrected chi connectivity index (χ4v) is 2.00. The third-order valence-electron chi connectivity index (χ3n) is 3.37. The molecule has 0 aromatic heterocycles. The van der Waals surface area contributed by atoms with Gasteiger partial charge in [0.05, 0.1) is 6.10 Å². The van der Waals surface area contributed by atoms with Crippen LogP contribution in [0.15, 0.2) is 36.4 Å². The molecule has 0 fully saturated rings. The van der Waals surface area contributed by atoms with E-state index < -0.39 is 12.2 Å². The third kappa shape index (κ3) is 4.04. The summed E-state index contributed by atoms with van der Waals surface area (Å²) in [6.45, 7) is -0.167. The van der Waals surface area contributed by atoms with Crippen molar-refractivity contribution in [3.8, 4) is 23.0 Å². The zero-order valence-electron chi connectivity index (χ0n) is 12.3. The van der Waals surface area contributed by atoms with Crippen LogP contribution in [0.3, 0.4) is 0 Å². The lowest BCUT2D eigenvalue weighted by Gasteiger charge is -2.16. The number of aromatic hydroxyl groups is 3. The number of phenolic OH excluding ortho intramolecular Hbond substituents is 3. The lowest BCUT2D eigenvalue weighted by atomic mass is 10.1. The molecule has 7 N–H and O–H groups in total. The Morgan fingerprint density at radius 1 is 0.826 bits per heavy atom. The van der Waals surface area contributed by atoms with E-state index in [1.165, 1.54) is 36.4 Å². The summed E-state index contributed by atoms with van der Waals surface area (Å²) in [5.41, 5.74) is 6.21. The van der Waals surface area contributed by atoms with Crippen molar-refractivity contribution in [3.05, 3.63) is 47.5 Å². The first kappa shape index (κ1) is 16.9. The van der Waals surface area contributed by atoms with E-state index in [-0.39, 0.29) is 36.1 Å². The summed E-state index contributed by atoms with van der Waals surface area (Å²) in [5.74, 6) is -0.684. The summed E-state index contributed by atoms with van der Waals surface area (Å²) in [6, 6.07) is 8.24. The van der Waals surface area contributed by atoms with E-state index in [4.69, 9.17) is 10.5 Å². The van der Waals surface area contributed by atoms with Crippen LogP contribution < -0.4 is 10.5 Å². The summed E-state index contributed by atoms with van der Waals surface area (Å²) in [7, 11) is 0. The molecule has 0 aliphatic carbocycles. The smallest absolute Gasteiger partial charge is 0.161 e. The summed E-state index contributed by atoms with van der Waals surface area (Å²) in [6.07, 6.45) is -1.96. The van der Waals surface area contributed by atoms with E-state index in [9.17, 15) is 25.5 Å². The molecule has 0 saturated heterocycles. The number of hydrogen-bond donors (Lipinski definition) is 6. The highest BCUT2D eigenvalue weighted by atomic mass is 16.5. The van der Waals surface area contributed by atoms with Gasteiger partial charge >= 0.3 is 0 Å². The van der Waals surface area contributed by atoms with Gasteiger partial charge in [-0.2, -0.15) is 0 Å². The number of ether oxygens (including phenoxy) is 1. The van der Waals surface area contributed by atoms with Gasteiger partial charge in [0.2, 0.25) is 0 Å². The molecule has 0 spiro atoms. The number of aliphatic hydroxyl groups is 2.